The molecule has 0 spiro atoms. The zero-order chi connectivity index (χ0) is 17.1. The number of rotatable bonds is 5. The van der Waals surface area contributed by atoms with Gasteiger partial charge in [-0.15, -0.1) is 0 Å². The summed E-state index contributed by atoms with van der Waals surface area (Å²) < 4.78 is 12.7. The van der Waals surface area contributed by atoms with Crippen LogP contribution in [-0.4, -0.2) is 51.3 Å². The number of carbonyl (C=O) groups is 1. The largest absolute Gasteiger partial charge is 0.494 e. The van der Waals surface area contributed by atoms with Gasteiger partial charge in [-0.05, 0) is 18.2 Å². The van der Waals surface area contributed by atoms with Crippen LogP contribution in [0.3, 0.4) is 0 Å². The normalized spacial score (nSPS) is 14.2. The zero-order valence-corrected chi connectivity index (χ0v) is 15.9. The standard InChI is InChI=1S/C16H18BrN3O3S/c1-19(2)5-6-20(15(21)13-10-22-7-8-23-13)16-18-12-4-3-11(17)9-14(12)24-16/h3-4,9-10H,5-8H2,1-2H3/p+1. The predicted molar refractivity (Wildman–Crippen MR) is 97.3 cm³/mol. The Balaban J connectivity index is 1.92. The van der Waals surface area contributed by atoms with Gasteiger partial charge in [-0.3, -0.25) is 9.69 Å². The van der Waals surface area contributed by atoms with Crippen molar-refractivity contribution in [2.75, 3.05) is 45.3 Å². The molecule has 0 radical (unpaired) electrons. The van der Waals surface area contributed by atoms with Gasteiger partial charge >= 0.3 is 0 Å². The first-order valence-electron chi connectivity index (χ1n) is 7.66. The van der Waals surface area contributed by atoms with Gasteiger partial charge in [0, 0.05) is 4.47 Å². The fourth-order valence-electron chi connectivity index (χ4n) is 2.23. The lowest BCUT2D eigenvalue weighted by molar-refractivity contribution is -0.856. The molecule has 128 valence electrons. The number of halogens is 1. The van der Waals surface area contributed by atoms with Gasteiger partial charge in [-0.1, -0.05) is 27.3 Å². The van der Waals surface area contributed by atoms with Gasteiger partial charge in [0.15, 0.2) is 5.13 Å². The smallest absolute Gasteiger partial charge is 0.298 e. The molecule has 24 heavy (non-hydrogen) atoms. The Morgan fingerprint density at radius 3 is 2.96 bits per heavy atom. The molecule has 1 aliphatic rings. The molecular formula is C16H19BrN3O3S+. The Morgan fingerprint density at radius 1 is 1.42 bits per heavy atom. The molecule has 8 heteroatoms. The number of hydrogen-bond acceptors (Lipinski definition) is 5. The molecule has 0 saturated carbocycles. The number of quaternary nitrogens is 1. The van der Waals surface area contributed by atoms with Crippen LogP contribution in [0.5, 0.6) is 0 Å². The lowest BCUT2D eigenvalue weighted by Gasteiger charge is -2.23. The second-order valence-electron chi connectivity index (χ2n) is 5.72. The number of carbonyl (C=O) groups excluding carboxylic acids is 1. The molecule has 0 fully saturated rings. The number of thiazole rings is 1. The van der Waals surface area contributed by atoms with Crippen LogP contribution in [0.2, 0.25) is 0 Å². The number of amides is 1. The van der Waals surface area contributed by atoms with Gasteiger partial charge in [-0.25, -0.2) is 4.98 Å². The van der Waals surface area contributed by atoms with E-state index in [0.717, 1.165) is 21.2 Å². The Bertz CT molecular complexity index is 775. The molecule has 0 saturated heterocycles. The van der Waals surface area contributed by atoms with Crippen molar-refractivity contribution in [3.05, 3.63) is 34.7 Å². The minimum absolute atomic E-state index is 0.214. The lowest BCUT2D eigenvalue weighted by atomic mass is 10.3. The van der Waals surface area contributed by atoms with Crippen LogP contribution in [0.25, 0.3) is 10.2 Å². The fourth-order valence-corrected chi connectivity index (χ4v) is 3.78. The van der Waals surface area contributed by atoms with Crippen molar-refractivity contribution in [3.63, 3.8) is 0 Å². The molecule has 1 aliphatic heterocycles. The van der Waals surface area contributed by atoms with Crippen molar-refractivity contribution in [1.29, 1.82) is 0 Å². The maximum Gasteiger partial charge on any atom is 0.298 e. The number of anilines is 1. The molecule has 3 rings (SSSR count). The minimum atomic E-state index is -0.214. The summed E-state index contributed by atoms with van der Waals surface area (Å²) in [5.41, 5.74) is 0.878. The number of nitrogens with one attached hydrogen (secondary N) is 1. The highest BCUT2D eigenvalue weighted by atomic mass is 79.9. The summed E-state index contributed by atoms with van der Waals surface area (Å²) in [5, 5.41) is 0.671. The first kappa shape index (κ1) is 17.2. The second kappa shape index (κ2) is 7.50. The maximum absolute atomic E-state index is 12.9. The van der Waals surface area contributed by atoms with Crippen LogP contribution < -0.4 is 9.80 Å². The van der Waals surface area contributed by atoms with E-state index in [0.29, 0.717) is 24.9 Å². The highest BCUT2D eigenvalue weighted by Crippen LogP contribution is 2.31. The Morgan fingerprint density at radius 2 is 2.25 bits per heavy atom. The van der Waals surface area contributed by atoms with Crippen LogP contribution >= 0.6 is 27.3 Å². The number of aromatic nitrogens is 1. The number of fused-ring (bicyclic) bond motifs is 1. The van der Waals surface area contributed by atoms with Crippen molar-refractivity contribution in [3.8, 4) is 0 Å². The summed E-state index contributed by atoms with van der Waals surface area (Å²) in [6.45, 7) is 2.22. The summed E-state index contributed by atoms with van der Waals surface area (Å²) in [7, 11) is 4.11. The van der Waals surface area contributed by atoms with Crippen LogP contribution in [-0.2, 0) is 14.3 Å². The van der Waals surface area contributed by atoms with E-state index in [2.05, 4.69) is 35.0 Å². The van der Waals surface area contributed by atoms with E-state index in [1.165, 1.54) is 22.5 Å². The zero-order valence-electron chi connectivity index (χ0n) is 13.5. The highest BCUT2D eigenvalue weighted by molar-refractivity contribution is 9.10. The average molecular weight is 413 g/mol. The number of nitrogens with zero attached hydrogens (tertiary/aromatic N) is 2. The molecule has 2 heterocycles. The van der Waals surface area contributed by atoms with Gasteiger partial charge in [-0.2, -0.15) is 0 Å². The summed E-state index contributed by atoms with van der Waals surface area (Å²) in [6, 6.07) is 5.90. The summed E-state index contributed by atoms with van der Waals surface area (Å²) >= 11 is 4.96. The Labute approximate surface area is 152 Å². The SMILES string of the molecule is C[NH+](C)CCN(C(=O)C1=COCCO1)c1nc2ccc(Br)cc2s1. The number of ether oxygens (including phenoxy) is 2. The van der Waals surface area contributed by atoms with Crippen molar-refractivity contribution in [1.82, 2.24) is 4.98 Å². The number of likely N-dealkylation sites (N-methyl/N-ethyl adjacent to an activating group) is 1. The average Bonchev–Trinajstić information content (AvgIpc) is 2.98. The molecule has 1 aromatic heterocycles. The third-order valence-corrected chi connectivity index (χ3v) is 5.04. The minimum Gasteiger partial charge on any atom is -0.494 e. The van der Waals surface area contributed by atoms with Crippen molar-refractivity contribution in [2.24, 2.45) is 0 Å². The lowest BCUT2D eigenvalue weighted by Crippen LogP contribution is -3.06. The van der Waals surface area contributed by atoms with Gasteiger partial charge in [0.25, 0.3) is 5.91 Å². The van der Waals surface area contributed by atoms with E-state index in [-0.39, 0.29) is 11.7 Å². The van der Waals surface area contributed by atoms with Gasteiger partial charge < -0.3 is 14.4 Å². The Kier molecular flexibility index (Phi) is 5.37. The fraction of sp³-hybridized carbons (Fsp3) is 0.375. The molecular weight excluding hydrogens is 394 g/mol. The van der Waals surface area contributed by atoms with Crippen molar-refractivity contribution < 1.29 is 19.2 Å². The third-order valence-electron chi connectivity index (χ3n) is 3.51. The van der Waals surface area contributed by atoms with Crippen molar-refractivity contribution in [2.45, 2.75) is 0 Å². The van der Waals surface area contributed by atoms with Crippen LogP contribution in [0.15, 0.2) is 34.7 Å². The first-order chi connectivity index (χ1) is 11.5. The third kappa shape index (κ3) is 3.88. The molecule has 0 aliphatic carbocycles. The first-order valence-corrected chi connectivity index (χ1v) is 9.27. The quantitative estimate of drug-likeness (QED) is 0.806. The molecule has 0 unspecified atom stereocenters. The van der Waals surface area contributed by atoms with E-state index < -0.39 is 0 Å². The van der Waals surface area contributed by atoms with Gasteiger partial charge in [0.1, 0.15) is 19.5 Å². The van der Waals surface area contributed by atoms with E-state index in [1.54, 1.807) is 4.90 Å². The second-order valence-corrected chi connectivity index (χ2v) is 7.65. The van der Waals surface area contributed by atoms with Crippen LogP contribution in [0.1, 0.15) is 0 Å². The van der Waals surface area contributed by atoms with Gasteiger partial charge in [0.2, 0.25) is 5.76 Å². The molecule has 1 amide bonds. The summed E-state index contributed by atoms with van der Waals surface area (Å²) in [4.78, 5) is 20.4. The van der Waals surface area contributed by atoms with E-state index in [9.17, 15) is 4.79 Å². The molecule has 1 N–H and O–H groups in total. The molecule has 0 atom stereocenters. The van der Waals surface area contributed by atoms with Crippen LogP contribution in [0.4, 0.5) is 5.13 Å². The van der Waals surface area contributed by atoms with E-state index >= 15 is 0 Å². The Hall–Kier alpha value is -1.64. The van der Waals surface area contributed by atoms with E-state index in [1.807, 2.05) is 18.2 Å². The predicted octanol–water partition coefficient (Wildman–Crippen LogP) is 1.42. The molecule has 0 bridgehead atoms. The maximum atomic E-state index is 12.9. The number of hydrogen-bond donors (Lipinski definition) is 1. The molecule has 6 nitrogen and oxygen atoms in total. The topological polar surface area (TPSA) is 56.1 Å². The van der Waals surface area contributed by atoms with Crippen LogP contribution in [0, 0.1) is 0 Å². The summed E-state index contributed by atoms with van der Waals surface area (Å²) in [6.07, 6.45) is 1.39. The molecule has 1 aromatic carbocycles. The summed E-state index contributed by atoms with van der Waals surface area (Å²) in [5.74, 6) is 0.0181. The molecule has 2 aromatic rings. The highest BCUT2D eigenvalue weighted by Gasteiger charge is 2.26. The van der Waals surface area contributed by atoms with E-state index in [4.69, 9.17) is 9.47 Å². The monoisotopic (exact) mass is 412 g/mol. The van der Waals surface area contributed by atoms with Crippen molar-refractivity contribution >= 4 is 48.5 Å². The number of benzene rings is 1. The van der Waals surface area contributed by atoms with Gasteiger partial charge in [0.05, 0.1) is 37.4 Å².